The molecule has 1 heterocycles. The highest BCUT2D eigenvalue weighted by molar-refractivity contribution is 5.97. The van der Waals surface area contributed by atoms with Crippen LogP contribution in [0.1, 0.15) is 38.3 Å². The van der Waals surface area contributed by atoms with Crippen LogP contribution in [0.5, 0.6) is 17.2 Å². The van der Waals surface area contributed by atoms with E-state index < -0.39 is 0 Å². The Kier molecular flexibility index (Phi) is 7.32. The zero-order valence-electron chi connectivity index (χ0n) is 19.0. The maximum atomic E-state index is 12.3. The third kappa shape index (κ3) is 5.48. The van der Waals surface area contributed by atoms with Gasteiger partial charge in [0.1, 0.15) is 5.75 Å². The van der Waals surface area contributed by atoms with Crippen molar-refractivity contribution in [1.29, 1.82) is 0 Å². The number of benzene rings is 3. The van der Waals surface area contributed by atoms with Crippen molar-refractivity contribution in [2.24, 2.45) is 5.41 Å². The second kappa shape index (κ2) is 9.99. The van der Waals surface area contributed by atoms with Crippen LogP contribution in [0.2, 0.25) is 0 Å². The van der Waals surface area contributed by atoms with E-state index in [4.69, 9.17) is 14.2 Å². The average molecular weight is 448 g/mol. The van der Waals surface area contributed by atoms with Crippen LogP contribution < -0.4 is 19.5 Å². The predicted octanol–water partition coefficient (Wildman–Crippen LogP) is 6.77. The van der Waals surface area contributed by atoms with Gasteiger partial charge in [0, 0.05) is 16.7 Å². The number of hydrogen-bond acceptors (Lipinski definition) is 4. The molecule has 1 N–H and O–H groups in total. The van der Waals surface area contributed by atoms with Gasteiger partial charge in [-0.2, -0.15) is 0 Å². The second-order valence-corrected chi connectivity index (χ2v) is 8.60. The van der Waals surface area contributed by atoms with Crippen LogP contribution in [0, 0.1) is 19.3 Å². The van der Waals surface area contributed by atoms with Crippen molar-refractivity contribution >= 4 is 11.6 Å². The zero-order chi connectivity index (χ0) is 22.7. The topological polar surface area (TPSA) is 56.8 Å². The minimum atomic E-state index is -0.175. The molecule has 174 valence electrons. The number of ether oxygens (including phenoxy) is 3. The van der Waals surface area contributed by atoms with Gasteiger partial charge in [-0.25, -0.2) is 0 Å². The summed E-state index contributed by atoms with van der Waals surface area (Å²) in [5.41, 5.74) is 5.14. The molecule has 1 aliphatic carbocycles. The number of anilines is 1. The summed E-state index contributed by atoms with van der Waals surface area (Å²) in [6, 6.07) is 19.8. The Morgan fingerprint density at radius 3 is 2.21 bits per heavy atom. The van der Waals surface area contributed by atoms with Crippen LogP contribution in [-0.2, 0) is 4.79 Å². The summed E-state index contributed by atoms with van der Waals surface area (Å²) in [6.07, 6.45) is 1.95. The average Bonchev–Trinajstić information content (AvgIpc) is 3.37. The summed E-state index contributed by atoms with van der Waals surface area (Å²) >= 11 is 0. The minimum absolute atomic E-state index is 0. The zero-order valence-corrected chi connectivity index (χ0v) is 19.0. The minimum Gasteiger partial charge on any atom is -0.496 e. The largest absolute Gasteiger partial charge is 0.496 e. The second-order valence-electron chi connectivity index (χ2n) is 8.60. The molecule has 3 aromatic carbocycles. The van der Waals surface area contributed by atoms with E-state index in [9.17, 15) is 4.79 Å². The Morgan fingerprint density at radius 1 is 0.939 bits per heavy atom. The van der Waals surface area contributed by atoms with E-state index in [1.807, 2.05) is 61.5 Å². The lowest BCUT2D eigenvalue weighted by atomic mass is 9.97. The maximum absolute atomic E-state index is 12.3. The first-order valence-electron chi connectivity index (χ1n) is 10.8. The number of nitrogens with one attached hydrogen (secondary N) is 1. The fourth-order valence-electron chi connectivity index (χ4n) is 3.56. The molecule has 5 nitrogen and oxygen atoms in total. The number of hydrogen-bond donors (Lipinski definition) is 1. The van der Waals surface area contributed by atoms with Crippen molar-refractivity contribution in [2.45, 2.75) is 41.0 Å². The van der Waals surface area contributed by atoms with Crippen LogP contribution in [0.15, 0.2) is 60.7 Å². The Hall–Kier alpha value is -3.47. The van der Waals surface area contributed by atoms with E-state index in [-0.39, 0.29) is 18.7 Å². The first-order chi connectivity index (χ1) is 15.4. The summed E-state index contributed by atoms with van der Waals surface area (Å²) < 4.78 is 15.7. The lowest BCUT2D eigenvalue weighted by Gasteiger charge is -2.15. The molecule has 0 atom stereocenters. The van der Waals surface area contributed by atoms with Crippen molar-refractivity contribution in [2.75, 3.05) is 19.2 Å². The number of fused-ring (bicyclic) bond motifs is 1. The molecular formula is C28H33NO4. The number of carbonyl (C=O) groups is 1. The highest BCUT2D eigenvalue weighted by atomic mass is 16.7. The summed E-state index contributed by atoms with van der Waals surface area (Å²) in [4.78, 5) is 12.3. The van der Waals surface area contributed by atoms with Crippen LogP contribution in [0.25, 0.3) is 11.1 Å². The fourth-order valence-corrected chi connectivity index (χ4v) is 3.56. The molecule has 0 unspecified atom stereocenters. The third-order valence-electron chi connectivity index (χ3n) is 5.97. The number of carbonyl (C=O) groups excluding carboxylic acids is 1. The number of amides is 1. The summed E-state index contributed by atoms with van der Waals surface area (Å²) in [5.74, 6) is 2.65. The van der Waals surface area contributed by atoms with Crippen LogP contribution in [0.3, 0.4) is 0 Å². The molecule has 5 heteroatoms. The van der Waals surface area contributed by atoms with Gasteiger partial charge in [0.15, 0.2) is 11.5 Å². The molecule has 0 saturated heterocycles. The van der Waals surface area contributed by atoms with Gasteiger partial charge in [-0.05, 0) is 74.2 Å². The normalized spacial score (nSPS) is 14.3. The first kappa shape index (κ1) is 24.2. The molecular weight excluding hydrogens is 414 g/mol. The van der Waals surface area contributed by atoms with Crippen molar-refractivity contribution in [3.63, 3.8) is 0 Å². The molecule has 5 rings (SSSR count). The van der Waals surface area contributed by atoms with E-state index in [0.29, 0.717) is 6.79 Å². The van der Waals surface area contributed by atoms with E-state index in [1.165, 1.54) is 5.56 Å². The number of para-hydroxylation sites is 2. The van der Waals surface area contributed by atoms with Gasteiger partial charge in [-0.1, -0.05) is 44.2 Å². The molecule has 0 spiro atoms. The lowest BCUT2D eigenvalue weighted by Crippen LogP contribution is -2.21. The maximum Gasteiger partial charge on any atom is 0.231 e. The first-order valence-corrected chi connectivity index (χ1v) is 10.8. The molecule has 2 aliphatic rings. The van der Waals surface area contributed by atoms with E-state index in [0.717, 1.165) is 52.5 Å². The molecule has 1 aliphatic heterocycles. The van der Waals surface area contributed by atoms with E-state index >= 15 is 0 Å². The van der Waals surface area contributed by atoms with E-state index in [1.54, 1.807) is 7.11 Å². The monoisotopic (exact) mass is 447 g/mol. The molecule has 1 fully saturated rings. The summed E-state index contributed by atoms with van der Waals surface area (Å²) in [5, 5.41) is 3.05. The van der Waals surface area contributed by atoms with Crippen LogP contribution >= 0.6 is 0 Å². The van der Waals surface area contributed by atoms with E-state index in [2.05, 4.69) is 25.2 Å². The standard InChI is InChI=1S/C20H23NO2.C7H6O2.CH4/c1-13-5-8-18(23-4)17(11-13)16-12-15(7-6-14(16)2)21-19(22)20(3)9-10-20;1-2-4-7-6(3-1)8-5-9-7;/h5-8,11-12H,9-10H2,1-4H3,(H,21,22);1-4H,5H2;1H4. The van der Waals surface area contributed by atoms with Crippen molar-refractivity contribution in [3.8, 4) is 28.4 Å². The Bertz CT molecular complexity index is 1110. The van der Waals surface area contributed by atoms with Crippen molar-refractivity contribution in [3.05, 3.63) is 71.8 Å². The van der Waals surface area contributed by atoms with Gasteiger partial charge in [-0.3, -0.25) is 4.79 Å². The quantitative estimate of drug-likeness (QED) is 0.479. The predicted molar refractivity (Wildman–Crippen MR) is 133 cm³/mol. The van der Waals surface area contributed by atoms with Gasteiger partial charge in [0.2, 0.25) is 12.7 Å². The molecule has 1 amide bonds. The summed E-state index contributed by atoms with van der Waals surface area (Å²) in [6.45, 7) is 6.52. The van der Waals surface area contributed by atoms with Crippen LogP contribution in [0.4, 0.5) is 5.69 Å². The lowest BCUT2D eigenvalue weighted by molar-refractivity contribution is -0.120. The van der Waals surface area contributed by atoms with Gasteiger partial charge >= 0.3 is 0 Å². The Balaban J connectivity index is 0.000000255. The Morgan fingerprint density at radius 2 is 1.61 bits per heavy atom. The van der Waals surface area contributed by atoms with Gasteiger partial charge < -0.3 is 19.5 Å². The Labute approximate surface area is 196 Å². The number of methoxy groups -OCH3 is 1. The number of rotatable bonds is 4. The molecule has 0 radical (unpaired) electrons. The molecule has 1 saturated carbocycles. The summed E-state index contributed by atoms with van der Waals surface area (Å²) in [7, 11) is 1.68. The van der Waals surface area contributed by atoms with Crippen LogP contribution in [-0.4, -0.2) is 19.8 Å². The third-order valence-corrected chi connectivity index (χ3v) is 5.97. The molecule has 0 bridgehead atoms. The molecule has 3 aromatic rings. The van der Waals surface area contributed by atoms with Gasteiger partial charge in [0.25, 0.3) is 0 Å². The fraction of sp³-hybridized carbons (Fsp3) is 0.321. The molecule has 0 aromatic heterocycles. The smallest absolute Gasteiger partial charge is 0.231 e. The highest BCUT2D eigenvalue weighted by Gasteiger charge is 2.44. The SMILES string of the molecule is C.COc1ccc(C)cc1-c1cc(NC(=O)C2(C)CC2)ccc1C.c1ccc2c(c1)OCO2. The molecule has 33 heavy (non-hydrogen) atoms. The number of aryl methyl sites for hydroxylation is 2. The van der Waals surface area contributed by atoms with Crippen molar-refractivity contribution in [1.82, 2.24) is 0 Å². The van der Waals surface area contributed by atoms with Gasteiger partial charge in [0.05, 0.1) is 7.11 Å². The van der Waals surface area contributed by atoms with Crippen molar-refractivity contribution < 1.29 is 19.0 Å². The van der Waals surface area contributed by atoms with Gasteiger partial charge in [-0.15, -0.1) is 0 Å². The highest BCUT2D eigenvalue weighted by Crippen LogP contribution is 2.46.